The van der Waals surface area contributed by atoms with Gasteiger partial charge >= 0.3 is 0 Å². The molecule has 1 aromatic carbocycles. The Kier molecular flexibility index (Phi) is 3.61. The lowest BCUT2D eigenvalue weighted by atomic mass is 9.94. The third-order valence-electron chi connectivity index (χ3n) is 3.95. The van der Waals surface area contributed by atoms with Crippen LogP contribution in [0.5, 0.6) is 0 Å². The SMILES string of the molecule is NCCc1ccc(C(=O)C2CCc3cccnc32)cc1. The number of carbonyl (C=O) groups is 1. The van der Waals surface area contributed by atoms with E-state index in [0.717, 1.165) is 30.5 Å². The number of ketones is 1. The van der Waals surface area contributed by atoms with Crippen LogP contribution < -0.4 is 5.73 Å². The first-order valence-corrected chi connectivity index (χ1v) is 7.06. The summed E-state index contributed by atoms with van der Waals surface area (Å²) in [6.07, 6.45) is 4.44. The summed E-state index contributed by atoms with van der Waals surface area (Å²) < 4.78 is 0. The maximum absolute atomic E-state index is 12.6. The first-order valence-electron chi connectivity index (χ1n) is 7.06. The number of benzene rings is 1. The van der Waals surface area contributed by atoms with Crippen molar-refractivity contribution < 1.29 is 4.79 Å². The minimum atomic E-state index is -0.0773. The van der Waals surface area contributed by atoms with Gasteiger partial charge in [-0.2, -0.15) is 0 Å². The summed E-state index contributed by atoms with van der Waals surface area (Å²) in [5.74, 6) is 0.105. The van der Waals surface area contributed by atoms with Gasteiger partial charge in [0.1, 0.15) is 0 Å². The van der Waals surface area contributed by atoms with Crippen LogP contribution in [0.25, 0.3) is 0 Å². The van der Waals surface area contributed by atoms with Crippen molar-refractivity contribution in [3.05, 3.63) is 65.0 Å². The number of pyridine rings is 1. The van der Waals surface area contributed by atoms with Crippen molar-refractivity contribution in [1.82, 2.24) is 4.98 Å². The Bertz CT molecular complexity index is 619. The largest absolute Gasteiger partial charge is 0.330 e. The highest BCUT2D eigenvalue weighted by molar-refractivity contribution is 6.01. The molecule has 0 bridgehead atoms. The van der Waals surface area contributed by atoms with Crippen LogP contribution in [-0.4, -0.2) is 17.3 Å². The van der Waals surface area contributed by atoms with E-state index < -0.39 is 0 Å². The minimum Gasteiger partial charge on any atom is -0.330 e. The number of aryl methyl sites for hydroxylation is 1. The van der Waals surface area contributed by atoms with E-state index in [1.54, 1.807) is 6.20 Å². The highest BCUT2D eigenvalue weighted by Crippen LogP contribution is 2.33. The van der Waals surface area contributed by atoms with Gasteiger partial charge in [0.05, 0.1) is 11.6 Å². The minimum absolute atomic E-state index is 0.0773. The molecule has 20 heavy (non-hydrogen) atoms. The molecule has 0 saturated heterocycles. The van der Waals surface area contributed by atoms with Crippen LogP contribution in [0.1, 0.15) is 39.5 Å². The Balaban J connectivity index is 1.83. The van der Waals surface area contributed by atoms with Crippen molar-refractivity contribution in [3.8, 4) is 0 Å². The summed E-state index contributed by atoms with van der Waals surface area (Å²) in [7, 11) is 0. The highest BCUT2D eigenvalue weighted by atomic mass is 16.1. The number of Topliss-reactive ketones (excluding diaryl/α,β-unsaturated/α-hetero) is 1. The maximum Gasteiger partial charge on any atom is 0.171 e. The van der Waals surface area contributed by atoms with Crippen LogP contribution in [0.2, 0.25) is 0 Å². The number of fused-ring (bicyclic) bond motifs is 1. The second kappa shape index (κ2) is 5.55. The van der Waals surface area contributed by atoms with Gasteiger partial charge in [0.25, 0.3) is 0 Å². The second-order valence-electron chi connectivity index (χ2n) is 5.24. The lowest BCUT2D eigenvalue weighted by molar-refractivity contribution is 0.0958. The number of rotatable bonds is 4. The normalized spacial score (nSPS) is 16.9. The van der Waals surface area contributed by atoms with Gasteiger partial charge in [0.15, 0.2) is 5.78 Å². The molecule has 2 aromatic rings. The Morgan fingerprint density at radius 3 is 2.80 bits per heavy atom. The molecule has 0 spiro atoms. The van der Waals surface area contributed by atoms with Crippen LogP contribution in [0, 0.1) is 0 Å². The molecule has 102 valence electrons. The topological polar surface area (TPSA) is 56.0 Å². The molecule has 3 nitrogen and oxygen atoms in total. The maximum atomic E-state index is 12.6. The molecule has 0 radical (unpaired) electrons. The van der Waals surface area contributed by atoms with E-state index >= 15 is 0 Å². The third kappa shape index (κ3) is 2.37. The molecule has 1 atom stereocenters. The Hall–Kier alpha value is -2.00. The molecule has 0 fully saturated rings. The quantitative estimate of drug-likeness (QED) is 0.865. The highest BCUT2D eigenvalue weighted by Gasteiger charge is 2.30. The summed E-state index contributed by atoms with van der Waals surface area (Å²) in [6.45, 7) is 0.632. The molecule has 1 aliphatic rings. The van der Waals surface area contributed by atoms with Gasteiger partial charge in [-0.25, -0.2) is 0 Å². The molecule has 1 aromatic heterocycles. The van der Waals surface area contributed by atoms with Crippen LogP contribution in [0.15, 0.2) is 42.6 Å². The Morgan fingerprint density at radius 1 is 1.25 bits per heavy atom. The van der Waals surface area contributed by atoms with Gasteiger partial charge in [-0.15, -0.1) is 0 Å². The van der Waals surface area contributed by atoms with E-state index in [9.17, 15) is 4.79 Å². The summed E-state index contributed by atoms with van der Waals surface area (Å²) >= 11 is 0. The van der Waals surface area contributed by atoms with Crippen molar-refractivity contribution in [1.29, 1.82) is 0 Å². The summed E-state index contributed by atoms with van der Waals surface area (Å²) in [5.41, 5.74) is 9.66. The van der Waals surface area contributed by atoms with Gasteiger partial charge in [-0.1, -0.05) is 30.3 Å². The number of nitrogens with zero attached hydrogens (tertiary/aromatic N) is 1. The molecule has 0 aliphatic heterocycles. The lowest BCUT2D eigenvalue weighted by Crippen LogP contribution is -2.11. The number of hydrogen-bond acceptors (Lipinski definition) is 3. The zero-order chi connectivity index (χ0) is 13.9. The van der Waals surface area contributed by atoms with Crippen LogP contribution in [0.3, 0.4) is 0 Å². The summed E-state index contributed by atoms with van der Waals surface area (Å²) in [4.78, 5) is 17.0. The molecule has 3 rings (SSSR count). The molecule has 1 unspecified atom stereocenters. The van der Waals surface area contributed by atoms with E-state index in [0.29, 0.717) is 6.54 Å². The van der Waals surface area contributed by atoms with Gasteiger partial charge in [-0.3, -0.25) is 9.78 Å². The molecule has 0 saturated carbocycles. The lowest BCUT2D eigenvalue weighted by Gasteiger charge is -2.10. The van der Waals surface area contributed by atoms with E-state index in [1.165, 1.54) is 11.1 Å². The summed E-state index contributed by atoms with van der Waals surface area (Å²) in [6, 6.07) is 11.8. The van der Waals surface area contributed by atoms with Gasteiger partial charge in [0, 0.05) is 11.8 Å². The first kappa shape index (κ1) is 13.0. The van der Waals surface area contributed by atoms with E-state index in [1.807, 2.05) is 30.3 Å². The number of aromatic nitrogens is 1. The van der Waals surface area contributed by atoms with Crippen molar-refractivity contribution >= 4 is 5.78 Å². The predicted molar refractivity (Wildman–Crippen MR) is 78.8 cm³/mol. The van der Waals surface area contributed by atoms with Crippen LogP contribution in [0.4, 0.5) is 0 Å². The number of carbonyl (C=O) groups excluding carboxylic acids is 1. The fourth-order valence-corrected chi connectivity index (χ4v) is 2.87. The first-order chi connectivity index (χ1) is 9.79. The molecule has 1 heterocycles. The van der Waals surface area contributed by atoms with Gasteiger partial charge in [-0.05, 0) is 43.0 Å². The van der Waals surface area contributed by atoms with Gasteiger partial charge in [0.2, 0.25) is 0 Å². The Morgan fingerprint density at radius 2 is 2.05 bits per heavy atom. The molecular formula is C17H18N2O. The second-order valence-corrected chi connectivity index (χ2v) is 5.24. The standard InChI is InChI=1S/C17H18N2O/c18-10-9-12-3-5-14(6-4-12)17(20)15-8-7-13-2-1-11-19-16(13)15/h1-6,11,15H,7-10,18H2. The Labute approximate surface area is 118 Å². The summed E-state index contributed by atoms with van der Waals surface area (Å²) in [5, 5.41) is 0. The van der Waals surface area contributed by atoms with Crippen molar-refractivity contribution in [2.24, 2.45) is 5.73 Å². The predicted octanol–water partition coefficient (Wildman–Crippen LogP) is 2.50. The molecule has 3 heteroatoms. The van der Waals surface area contributed by atoms with E-state index in [2.05, 4.69) is 11.1 Å². The molecular weight excluding hydrogens is 248 g/mol. The van der Waals surface area contributed by atoms with E-state index in [-0.39, 0.29) is 11.7 Å². The zero-order valence-electron chi connectivity index (χ0n) is 11.4. The van der Waals surface area contributed by atoms with Crippen molar-refractivity contribution in [2.75, 3.05) is 6.54 Å². The average molecular weight is 266 g/mol. The van der Waals surface area contributed by atoms with E-state index in [4.69, 9.17) is 5.73 Å². The fourth-order valence-electron chi connectivity index (χ4n) is 2.87. The van der Waals surface area contributed by atoms with Crippen LogP contribution in [-0.2, 0) is 12.8 Å². The van der Waals surface area contributed by atoms with Gasteiger partial charge < -0.3 is 5.73 Å². The number of nitrogens with two attached hydrogens (primary N) is 1. The number of hydrogen-bond donors (Lipinski definition) is 1. The van der Waals surface area contributed by atoms with Crippen molar-refractivity contribution in [3.63, 3.8) is 0 Å². The third-order valence-corrected chi connectivity index (χ3v) is 3.95. The van der Waals surface area contributed by atoms with Crippen LogP contribution >= 0.6 is 0 Å². The fraction of sp³-hybridized carbons (Fsp3) is 0.294. The monoisotopic (exact) mass is 266 g/mol. The smallest absolute Gasteiger partial charge is 0.171 e. The molecule has 2 N–H and O–H groups in total. The zero-order valence-corrected chi connectivity index (χ0v) is 11.4. The average Bonchev–Trinajstić information content (AvgIpc) is 2.92. The molecule has 0 amide bonds. The van der Waals surface area contributed by atoms with Crippen molar-refractivity contribution in [2.45, 2.75) is 25.2 Å². The molecule has 1 aliphatic carbocycles.